The van der Waals surface area contributed by atoms with Gasteiger partial charge in [0.05, 0.1) is 12.4 Å². The molecule has 5 heteroatoms. The average molecular weight is 234 g/mol. The summed E-state index contributed by atoms with van der Waals surface area (Å²) < 4.78 is 0. The molecule has 0 atom stereocenters. The third-order valence-electron chi connectivity index (χ3n) is 2.30. The molecule has 1 amide bonds. The smallest absolute Gasteiger partial charge is 0.271 e. The molecule has 0 bridgehead atoms. The maximum atomic E-state index is 11.7. The van der Waals surface area contributed by atoms with Crippen molar-refractivity contribution in [3.05, 3.63) is 18.1 Å². The fourth-order valence-corrected chi connectivity index (χ4v) is 1.38. The molecule has 0 aliphatic heterocycles. The maximum Gasteiger partial charge on any atom is 0.271 e. The first kappa shape index (κ1) is 11.8. The van der Waals surface area contributed by atoms with Crippen LogP contribution in [-0.2, 0) is 0 Å². The zero-order chi connectivity index (χ0) is 12.5. The summed E-state index contributed by atoms with van der Waals surface area (Å²) in [6, 6.07) is 0.344. The van der Waals surface area contributed by atoms with Crippen molar-refractivity contribution < 1.29 is 4.79 Å². The van der Waals surface area contributed by atoms with Gasteiger partial charge in [-0.05, 0) is 33.6 Å². The van der Waals surface area contributed by atoms with Crippen LogP contribution in [0.15, 0.2) is 12.4 Å². The van der Waals surface area contributed by atoms with Gasteiger partial charge >= 0.3 is 0 Å². The van der Waals surface area contributed by atoms with Gasteiger partial charge in [-0.2, -0.15) is 0 Å². The quantitative estimate of drug-likeness (QED) is 0.833. The Balaban J connectivity index is 1.99. The SMILES string of the molecule is CC(C)(C)Nc1cnc(C(=O)NC2CC2)cn1. The minimum absolute atomic E-state index is 0.0630. The molecule has 1 aliphatic rings. The number of aromatic nitrogens is 2. The second-order valence-corrected chi connectivity index (χ2v) is 5.41. The van der Waals surface area contributed by atoms with E-state index in [4.69, 9.17) is 0 Å². The minimum atomic E-state index is -0.137. The van der Waals surface area contributed by atoms with Crippen molar-refractivity contribution in [2.24, 2.45) is 0 Å². The maximum absolute atomic E-state index is 11.7. The molecular formula is C12H18N4O. The lowest BCUT2D eigenvalue weighted by molar-refractivity contribution is 0.0945. The van der Waals surface area contributed by atoms with Crippen molar-refractivity contribution in [3.63, 3.8) is 0 Å². The van der Waals surface area contributed by atoms with E-state index in [0.29, 0.717) is 17.6 Å². The molecule has 17 heavy (non-hydrogen) atoms. The molecular weight excluding hydrogens is 216 g/mol. The first-order chi connectivity index (χ1) is 7.94. The highest BCUT2D eigenvalue weighted by Gasteiger charge is 2.24. The van der Waals surface area contributed by atoms with Gasteiger partial charge in [0.15, 0.2) is 0 Å². The van der Waals surface area contributed by atoms with Crippen LogP contribution in [0.1, 0.15) is 44.1 Å². The summed E-state index contributed by atoms with van der Waals surface area (Å²) in [6.07, 6.45) is 5.24. The molecule has 92 valence electrons. The molecule has 1 aromatic rings. The standard InChI is InChI=1S/C12H18N4O/c1-12(2,3)16-10-7-13-9(6-14-10)11(17)15-8-4-5-8/h6-8H,4-5H2,1-3H3,(H,14,16)(H,15,17). The number of anilines is 1. The number of nitrogens with zero attached hydrogens (tertiary/aromatic N) is 2. The fourth-order valence-electron chi connectivity index (χ4n) is 1.38. The van der Waals surface area contributed by atoms with Gasteiger partial charge in [0.2, 0.25) is 0 Å². The summed E-state index contributed by atoms with van der Waals surface area (Å²) in [5.41, 5.74) is 0.309. The van der Waals surface area contributed by atoms with Gasteiger partial charge in [0.25, 0.3) is 5.91 Å². The highest BCUT2D eigenvalue weighted by atomic mass is 16.2. The molecule has 1 heterocycles. The molecule has 0 radical (unpaired) electrons. The van der Waals surface area contributed by atoms with E-state index >= 15 is 0 Å². The minimum Gasteiger partial charge on any atom is -0.364 e. The summed E-state index contributed by atoms with van der Waals surface area (Å²) in [6.45, 7) is 6.13. The third kappa shape index (κ3) is 3.69. The van der Waals surface area contributed by atoms with Gasteiger partial charge in [-0.25, -0.2) is 9.97 Å². The molecule has 2 N–H and O–H groups in total. The van der Waals surface area contributed by atoms with Crippen LogP contribution < -0.4 is 10.6 Å². The highest BCUT2D eigenvalue weighted by molar-refractivity contribution is 5.92. The average Bonchev–Trinajstić information content (AvgIpc) is 3.00. The van der Waals surface area contributed by atoms with Crippen molar-refractivity contribution in [1.82, 2.24) is 15.3 Å². The van der Waals surface area contributed by atoms with Gasteiger partial charge in [0, 0.05) is 11.6 Å². The van der Waals surface area contributed by atoms with Crippen LogP contribution >= 0.6 is 0 Å². The summed E-state index contributed by atoms with van der Waals surface area (Å²) in [5, 5.41) is 6.07. The number of amides is 1. The predicted molar refractivity (Wildman–Crippen MR) is 65.9 cm³/mol. The van der Waals surface area contributed by atoms with E-state index in [1.807, 2.05) is 20.8 Å². The molecule has 1 fully saturated rings. The Labute approximate surface area is 101 Å². The molecule has 0 aromatic carbocycles. The number of nitrogens with one attached hydrogen (secondary N) is 2. The van der Waals surface area contributed by atoms with E-state index in [1.54, 1.807) is 6.20 Å². The van der Waals surface area contributed by atoms with Gasteiger partial charge in [-0.1, -0.05) is 0 Å². The Kier molecular flexibility index (Phi) is 3.00. The van der Waals surface area contributed by atoms with Gasteiger partial charge < -0.3 is 10.6 Å². The molecule has 5 nitrogen and oxygen atoms in total. The van der Waals surface area contributed by atoms with Crippen molar-refractivity contribution in [2.45, 2.75) is 45.2 Å². The first-order valence-corrected chi connectivity index (χ1v) is 5.85. The summed E-state index contributed by atoms with van der Waals surface area (Å²) in [4.78, 5) is 19.9. The van der Waals surface area contributed by atoms with Crippen molar-refractivity contribution >= 4 is 11.7 Å². The van der Waals surface area contributed by atoms with Crippen LogP contribution in [0.5, 0.6) is 0 Å². The molecule has 1 saturated carbocycles. The van der Waals surface area contributed by atoms with E-state index in [-0.39, 0.29) is 11.4 Å². The summed E-state index contributed by atoms with van der Waals surface area (Å²) in [7, 11) is 0. The van der Waals surface area contributed by atoms with E-state index in [2.05, 4.69) is 20.6 Å². The second kappa shape index (κ2) is 4.31. The fraction of sp³-hybridized carbons (Fsp3) is 0.583. The van der Waals surface area contributed by atoms with Crippen LogP contribution in [0.3, 0.4) is 0 Å². The number of carbonyl (C=O) groups excluding carboxylic acids is 1. The van der Waals surface area contributed by atoms with Gasteiger partial charge in [-0.15, -0.1) is 0 Å². The molecule has 0 unspecified atom stereocenters. The second-order valence-electron chi connectivity index (χ2n) is 5.41. The zero-order valence-corrected chi connectivity index (χ0v) is 10.4. The van der Waals surface area contributed by atoms with Crippen LogP contribution in [0, 0.1) is 0 Å². The lowest BCUT2D eigenvalue weighted by atomic mass is 10.1. The zero-order valence-electron chi connectivity index (χ0n) is 10.4. The Morgan fingerprint density at radius 3 is 2.47 bits per heavy atom. The van der Waals surface area contributed by atoms with E-state index < -0.39 is 0 Å². The molecule has 1 aliphatic carbocycles. The van der Waals surface area contributed by atoms with E-state index in [9.17, 15) is 4.79 Å². The molecule has 2 rings (SSSR count). The van der Waals surface area contributed by atoms with E-state index in [1.165, 1.54) is 6.20 Å². The van der Waals surface area contributed by atoms with Crippen LogP contribution in [0.25, 0.3) is 0 Å². The van der Waals surface area contributed by atoms with Crippen LogP contribution in [0.4, 0.5) is 5.82 Å². The lowest BCUT2D eigenvalue weighted by Crippen LogP contribution is -2.28. The van der Waals surface area contributed by atoms with Crippen molar-refractivity contribution in [2.75, 3.05) is 5.32 Å². The number of hydrogen-bond acceptors (Lipinski definition) is 4. The predicted octanol–water partition coefficient (Wildman–Crippen LogP) is 1.58. The Morgan fingerprint density at radius 1 is 1.29 bits per heavy atom. The Morgan fingerprint density at radius 2 is 2.00 bits per heavy atom. The summed E-state index contributed by atoms with van der Waals surface area (Å²) in [5.74, 6) is 0.544. The molecule has 0 saturated heterocycles. The largest absolute Gasteiger partial charge is 0.364 e. The van der Waals surface area contributed by atoms with Crippen molar-refractivity contribution in [3.8, 4) is 0 Å². The summed E-state index contributed by atoms with van der Waals surface area (Å²) >= 11 is 0. The highest BCUT2D eigenvalue weighted by Crippen LogP contribution is 2.19. The van der Waals surface area contributed by atoms with E-state index in [0.717, 1.165) is 12.8 Å². The van der Waals surface area contributed by atoms with Gasteiger partial charge in [-0.3, -0.25) is 4.79 Å². The number of carbonyl (C=O) groups is 1. The molecule has 1 aromatic heterocycles. The van der Waals surface area contributed by atoms with Crippen LogP contribution in [-0.4, -0.2) is 27.5 Å². The lowest BCUT2D eigenvalue weighted by Gasteiger charge is -2.20. The number of hydrogen-bond donors (Lipinski definition) is 2. The Bertz CT molecular complexity index is 404. The third-order valence-corrected chi connectivity index (χ3v) is 2.30. The van der Waals surface area contributed by atoms with Gasteiger partial charge in [0.1, 0.15) is 11.5 Å². The normalized spacial score (nSPS) is 15.5. The first-order valence-electron chi connectivity index (χ1n) is 5.85. The molecule has 0 spiro atoms. The monoisotopic (exact) mass is 234 g/mol. The Hall–Kier alpha value is -1.65. The number of rotatable bonds is 3. The van der Waals surface area contributed by atoms with Crippen molar-refractivity contribution in [1.29, 1.82) is 0 Å². The van der Waals surface area contributed by atoms with Crippen LogP contribution in [0.2, 0.25) is 0 Å². The topological polar surface area (TPSA) is 66.9 Å².